The third-order valence-electron chi connectivity index (χ3n) is 3.40. The second-order valence-electron chi connectivity index (χ2n) is 5.33. The van der Waals surface area contributed by atoms with Crippen LogP contribution in [0.1, 0.15) is 35.7 Å². The van der Waals surface area contributed by atoms with Gasteiger partial charge >= 0.3 is 5.97 Å². The zero-order chi connectivity index (χ0) is 15.4. The van der Waals surface area contributed by atoms with Crippen molar-refractivity contribution < 1.29 is 19.5 Å². The van der Waals surface area contributed by atoms with Gasteiger partial charge in [-0.05, 0) is 36.1 Å². The minimum Gasteiger partial charge on any atom is -0.481 e. The fourth-order valence-corrected chi connectivity index (χ4v) is 2.26. The minimum absolute atomic E-state index is 0.0119. The summed E-state index contributed by atoms with van der Waals surface area (Å²) in [6.07, 6.45) is 1.07. The second kappa shape index (κ2) is 6.39. The van der Waals surface area contributed by atoms with Gasteiger partial charge in [0, 0.05) is 30.6 Å². The molecule has 2 amide bonds. The van der Waals surface area contributed by atoms with Crippen LogP contribution in [-0.2, 0) is 16.0 Å². The van der Waals surface area contributed by atoms with E-state index in [4.69, 9.17) is 5.11 Å². The van der Waals surface area contributed by atoms with E-state index in [2.05, 4.69) is 10.6 Å². The zero-order valence-electron chi connectivity index (χ0n) is 11.8. The fourth-order valence-electron chi connectivity index (χ4n) is 2.26. The normalized spacial score (nSPS) is 14.8. The highest BCUT2D eigenvalue weighted by Gasteiger charge is 2.17. The third kappa shape index (κ3) is 4.05. The summed E-state index contributed by atoms with van der Waals surface area (Å²) in [5, 5.41) is 14.2. The van der Waals surface area contributed by atoms with Gasteiger partial charge in [0.05, 0.1) is 0 Å². The summed E-state index contributed by atoms with van der Waals surface area (Å²) in [5.41, 5.74) is 2.22. The van der Waals surface area contributed by atoms with Crippen LogP contribution in [0.5, 0.6) is 0 Å². The monoisotopic (exact) mass is 290 g/mol. The van der Waals surface area contributed by atoms with Gasteiger partial charge in [-0.3, -0.25) is 14.4 Å². The van der Waals surface area contributed by atoms with Crippen molar-refractivity contribution in [3.63, 3.8) is 0 Å². The van der Waals surface area contributed by atoms with Crippen LogP contribution in [-0.4, -0.2) is 29.4 Å². The van der Waals surface area contributed by atoms with Crippen LogP contribution in [0.25, 0.3) is 0 Å². The summed E-state index contributed by atoms with van der Waals surface area (Å²) < 4.78 is 0. The van der Waals surface area contributed by atoms with Gasteiger partial charge < -0.3 is 15.7 Å². The summed E-state index contributed by atoms with van der Waals surface area (Å²) >= 11 is 0. The standard InChI is InChI=1S/C15H18N2O4/c1-9(6-14(19)20)8-16-15(21)11-2-4-12-10(7-11)3-5-13(18)17-12/h2,4,7,9H,3,5-6,8H2,1H3,(H,16,21)(H,17,18)(H,19,20). The summed E-state index contributed by atoms with van der Waals surface area (Å²) in [5.74, 6) is -1.24. The molecule has 1 aromatic carbocycles. The first-order valence-corrected chi connectivity index (χ1v) is 6.88. The molecule has 2 rings (SSSR count). The average Bonchev–Trinajstić information content (AvgIpc) is 2.43. The molecule has 6 nitrogen and oxygen atoms in total. The maximum absolute atomic E-state index is 12.0. The Morgan fingerprint density at radius 2 is 2.14 bits per heavy atom. The molecule has 0 aromatic heterocycles. The third-order valence-corrected chi connectivity index (χ3v) is 3.40. The number of amides is 2. The van der Waals surface area contributed by atoms with E-state index in [-0.39, 0.29) is 24.2 Å². The lowest BCUT2D eigenvalue weighted by Crippen LogP contribution is -2.29. The smallest absolute Gasteiger partial charge is 0.303 e. The van der Waals surface area contributed by atoms with Crippen molar-refractivity contribution in [1.29, 1.82) is 0 Å². The first-order valence-electron chi connectivity index (χ1n) is 6.88. The highest BCUT2D eigenvalue weighted by molar-refractivity contribution is 5.97. The summed E-state index contributed by atoms with van der Waals surface area (Å²) in [6, 6.07) is 5.15. The summed E-state index contributed by atoms with van der Waals surface area (Å²) in [6.45, 7) is 2.09. The molecule has 0 fully saturated rings. The molecule has 0 radical (unpaired) electrons. The van der Waals surface area contributed by atoms with Gasteiger partial charge in [-0.2, -0.15) is 0 Å². The first kappa shape index (κ1) is 15.0. The molecule has 112 valence electrons. The number of aliphatic carboxylic acids is 1. The summed E-state index contributed by atoms with van der Waals surface area (Å²) in [4.78, 5) is 33.9. The number of rotatable bonds is 5. The van der Waals surface area contributed by atoms with E-state index >= 15 is 0 Å². The Morgan fingerprint density at radius 1 is 1.38 bits per heavy atom. The molecule has 1 atom stereocenters. The number of aryl methyl sites for hydroxylation is 1. The molecule has 0 saturated carbocycles. The van der Waals surface area contributed by atoms with E-state index < -0.39 is 5.97 Å². The maximum atomic E-state index is 12.0. The van der Waals surface area contributed by atoms with Crippen molar-refractivity contribution in [2.24, 2.45) is 5.92 Å². The van der Waals surface area contributed by atoms with Crippen molar-refractivity contribution in [1.82, 2.24) is 5.32 Å². The minimum atomic E-state index is -0.874. The Balaban J connectivity index is 1.97. The quantitative estimate of drug-likeness (QED) is 0.764. The largest absolute Gasteiger partial charge is 0.481 e. The molecular weight excluding hydrogens is 272 g/mol. The molecule has 0 spiro atoms. The number of benzene rings is 1. The molecular formula is C15H18N2O4. The molecule has 0 saturated heterocycles. The van der Waals surface area contributed by atoms with Crippen LogP contribution < -0.4 is 10.6 Å². The number of carboxylic acids is 1. The number of nitrogens with one attached hydrogen (secondary N) is 2. The number of hydrogen-bond acceptors (Lipinski definition) is 3. The van der Waals surface area contributed by atoms with Gasteiger partial charge in [-0.15, -0.1) is 0 Å². The molecule has 1 unspecified atom stereocenters. The topological polar surface area (TPSA) is 95.5 Å². The number of carbonyl (C=O) groups is 3. The molecule has 1 heterocycles. The van der Waals surface area contributed by atoms with Gasteiger partial charge in [0.15, 0.2) is 0 Å². The lowest BCUT2D eigenvalue weighted by atomic mass is 10.00. The predicted octanol–water partition coefficient (Wildman–Crippen LogP) is 1.41. The number of carboxylic acid groups (broad SMARTS) is 1. The van der Waals surface area contributed by atoms with Crippen molar-refractivity contribution in [2.45, 2.75) is 26.2 Å². The van der Waals surface area contributed by atoms with E-state index in [0.29, 0.717) is 24.9 Å². The number of hydrogen-bond donors (Lipinski definition) is 3. The van der Waals surface area contributed by atoms with Crippen LogP contribution in [0.4, 0.5) is 5.69 Å². The van der Waals surface area contributed by atoms with Gasteiger partial charge in [-0.1, -0.05) is 6.92 Å². The van der Waals surface area contributed by atoms with E-state index in [1.807, 2.05) is 0 Å². The van der Waals surface area contributed by atoms with Gasteiger partial charge in [-0.25, -0.2) is 0 Å². The van der Waals surface area contributed by atoms with Crippen molar-refractivity contribution in [2.75, 3.05) is 11.9 Å². The van der Waals surface area contributed by atoms with Gasteiger partial charge in [0.1, 0.15) is 0 Å². The van der Waals surface area contributed by atoms with E-state index in [1.165, 1.54) is 0 Å². The molecule has 1 aliphatic rings. The Kier molecular flexibility index (Phi) is 4.57. The van der Waals surface area contributed by atoms with Crippen LogP contribution in [0.3, 0.4) is 0 Å². The van der Waals surface area contributed by atoms with Crippen molar-refractivity contribution >= 4 is 23.5 Å². The van der Waals surface area contributed by atoms with Crippen LogP contribution >= 0.6 is 0 Å². The first-order chi connectivity index (χ1) is 9.95. The Labute approximate surface area is 122 Å². The molecule has 6 heteroatoms. The Morgan fingerprint density at radius 3 is 2.86 bits per heavy atom. The maximum Gasteiger partial charge on any atom is 0.303 e. The average molecular weight is 290 g/mol. The Hall–Kier alpha value is -2.37. The van der Waals surface area contributed by atoms with Crippen LogP contribution in [0.2, 0.25) is 0 Å². The lowest BCUT2D eigenvalue weighted by molar-refractivity contribution is -0.137. The molecule has 1 aliphatic heterocycles. The van der Waals surface area contributed by atoms with E-state index in [0.717, 1.165) is 11.3 Å². The zero-order valence-corrected chi connectivity index (χ0v) is 11.8. The fraction of sp³-hybridized carbons (Fsp3) is 0.400. The highest BCUT2D eigenvalue weighted by atomic mass is 16.4. The van der Waals surface area contributed by atoms with Crippen molar-refractivity contribution in [3.8, 4) is 0 Å². The molecule has 21 heavy (non-hydrogen) atoms. The van der Waals surface area contributed by atoms with E-state index in [1.54, 1.807) is 25.1 Å². The van der Waals surface area contributed by atoms with Gasteiger partial charge in [0.25, 0.3) is 5.91 Å². The predicted molar refractivity (Wildman–Crippen MR) is 77.1 cm³/mol. The lowest BCUT2D eigenvalue weighted by Gasteiger charge is -2.17. The van der Waals surface area contributed by atoms with E-state index in [9.17, 15) is 14.4 Å². The molecule has 0 bridgehead atoms. The highest BCUT2D eigenvalue weighted by Crippen LogP contribution is 2.23. The second-order valence-corrected chi connectivity index (χ2v) is 5.33. The molecule has 1 aromatic rings. The SMILES string of the molecule is CC(CNC(=O)c1ccc2c(c1)CCC(=O)N2)CC(=O)O. The molecule has 0 aliphatic carbocycles. The molecule has 3 N–H and O–H groups in total. The van der Waals surface area contributed by atoms with Crippen LogP contribution in [0.15, 0.2) is 18.2 Å². The number of carbonyl (C=O) groups excluding carboxylic acids is 2. The number of fused-ring (bicyclic) bond motifs is 1. The van der Waals surface area contributed by atoms with Crippen LogP contribution in [0, 0.1) is 5.92 Å². The number of anilines is 1. The Bertz CT molecular complexity index is 583. The summed E-state index contributed by atoms with van der Waals surface area (Å²) in [7, 11) is 0. The van der Waals surface area contributed by atoms with Crippen molar-refractivity contribution in [3.05, 3.63) is 29.3 Å². The van der Waals surface area contributed by atoms with Gasteiger partial charge in [0.2, 0.25) is 5.91 Å².